The van der Waals surface area contributed by atoms with Gasteiger partial charge in [-0.2, -0.15) is 0 Å². The van der Waals surface area contributed by atoms with Gasteiger partial charge in [-0.3, -0.25) is 4.79 Å². The van der Waals surface area contributed by atoms with Gasteiger partial charge in [0.15, 0.2) is 16.6 Å². The van der Waals surface area contributed by atoms with Crippen molar-refractivity contribution in [2.75, 3.05) is 6.61 Å². The van der Waals surface area contributed by atoms with E-state index in [4.69, 9.17) is 13.6 Å². The molecule has 2 aliphatic rings. The smallest absolute Gasteiger partial charge is 0.306 e. The molecule has 238 valence electrons. The molecule has 2 aliphatic carbocycles. The largest absolute Gasteiger partial charge is 0.466 e. The van der Waals surface area contributed by atoms with Gasteiger partial charge < -0.3 is 13.6 Å². The highest BCUT2D eigenvalue weighted by Crippen LogP contribution is 2.51. The van der Waals surface area contributed by atoms with Crippen molar-refractivity contribution in [1.82, 2.24) is 0 Å². The number of ether oxygens (including phenoxy) is 1. The van der Waals surface area contributed by atoms with Gasteiger partial charge >= 0.3 is 5.97 Å². The summed E-state index contributed by atoms with van der Waals surface area (Å²) in [6.07, 6.45) is 16.1. The molecule has 4 nitrogen and oxygen atoms in total. The average molecular weight is 615 g/mol. The molecule has 0 bridgehead atoms. The first-order valence-corrected chi connectivity index (χ1v) is 22.1. The van der Waals surface area contributed by atoms with E-state index in [1.807, 2.05) is 13.8 Å². The van der Waals surface area contributed by atoms with Gasteiger partial charge in [0.25, 0.3) is 0 Å². The molecule has 0 N–H and O–H groups in total. The zero-order valence-electron chi connectivity index (χ0n) is 29.2. The van der Waals surface area contributed by atoms with Gasteiger partial charge in [0.2, 0.25) is 0 Å². The molecule has 2 rings (SSSR count). The van der Waals surface area contributed by atoms with Crippen molar-refractivity contribution in [3.63, 3.8) is 0 Å². The van der Waals surface area contributed by atoms with Crippen molar-refractivity contribution in [1.29, 1.82) is 0 Å². The molecule has 6 heteroatoms. The zero-order valence-corrected chi connectivity index (χ0v) is 31.2. The van der Waals surface area contributed by atoms with Gasteiger partial charge in [-0.1, -0.05) is 84.4 Å². The van der Waals surface area contributed by atoms with Crippen LogP contribution >= 0.6 is 0 Å². The summed E-state index contributed by atoms with van der Waals surface area (Å²) in [5.41, 5.74) is 1.39. The highest BCUT2D eigenvalue weighted by Gasteiger charge is 2.49. The number of esters is 1. The molecule has 0 amide bonds. The van der Waals surface area contributed by atoms with Crippen molar-refractivity contribution in [2.24, 2.45) is 23.7 Å². The van der Waals surface area contributed by atoms with E-state index in [1.54, 1.807) is 0 Å². The van der Waals surface area contributed by atoms with Crippen LogP contribution < -0.4 is 0 Å². The maximum Gasteiger partial charge on any atom is 0.306 e. The fourth-order valence-electron chi connectivity index (χ4n) is 5.48. The lowest BCUT2D eigenvalue weighted by molar-refractivity contribution is -0.143. The van der Waals surface area contributed by atoms with Crippen molar-refractivity contribution < 1.29 is 18.4 Å². The maximum atomic E-state index is 11.7. The number of hydrogen-bond acceptors (Lipinski definition) is 4. The Morgan fingerprint density at radius 1 is 1.10 bits per heavy atom. The fraction of sp³-hybridized carbons (Fsp3) is 0.750. The fourth-order valence-corrected chi connectivity index (χ4v) is 8.18. The molecule has 1 unspecified atom stereocenters. The molecule has 0 saturated heterocycles. The molecule has 1 saturated carbocycles. The van der Waals surface area contributed by atoms with E-state index in [9.17, 15) is 4.79 Å². The number of allylic oxidation sites excluding steroid dienone is 4. The highest BCUT2D eigenvalue weighted by atomic mass is 28.4. The van der Waals surface area contributed by atoms with E-state index in [-0.39, 0.29) is 28.3 Å². The van der Waals surface area contributed by atoms with E-state index < -0.39 is 16.6 Å². The van der Waals surface area contributed by atoms with Crippen LogP contribution in [0.5, 0.6) is 0 Å². The predicted octanol–water partition coefficient (Wildman–Crippen LogP) is 9.85. The van der Waals surface area contributed by atoms with Crippen LogP contribution in [0.15, 0.2) is 36.0 Å². The molecule has 0 aromatic carbocycles. The lowest BCUT2D eigenvalue weighted by Crippen LogP contribution is -2.45. The number of hydrogen-bond donors (Lipinski definition) is 0. The first-order valence-electron chi connectivity index (χ1n) is 16.3. The molecule has 0 aromatic heterocycles. The standard InChI is InChI=1S/C36H62O4Si2/c1-14-16-19-27(3)32(39-41(10,11)35(4,5)6)23-22-30-31-25-28(20-17-18-21-34(37)38-15-2)24-29(31)26-33(30)40-42(12,13)36(7,8)9/h17,20,22-24,27,29-33H,15,18-19,21,25-26H2,1-13H3/b20-17?,23-22-/t27?,29-,30-,31-,32+,33+/m0/s1. The minimum atomic E-state index is -1.97. The van der Waals surface area contributed by atoms with Crippen LogP contribution in [0, 0.1) is 35.5 Å². The maximum absolute atomic E-state index is 11.7. The summed E-state index contributed by atoms with van der Waals surface area (Å²) in [7, 11) is -3.91. The molecule has 42 heavy (non-hydrogen) atoms. The van der Waals surface area contributed by atoms with E-state index in [0.717, 1.165) is 25.7 Å². The molecule has 0 heterocycles. The highest BCUT2D eigenvalue weighted by molar-refractivity contribution is 6.74. The van der Waals surface area contributed by atoms with E-state index in [0.29, 0.717) is 36.7 Å². The van der Waals surface area contributed by atoms with Crippen LogP contribution in [0.1, 0.15) is 94.4 Å². The molecule has 6 atom stereocenters. The molecule has 0 spiro atoms. The molecular weight excluding hydrogens is 553 g/mol. The Labute approximate surface area is 261 Å². The minimum Gasteiger partial charge on any atom is -0.466 e. The molecular formula is C36H62O4Si2. The summed E-state index contributed by atoms with van der Waals surface area (Å²) < 4.78 is 19.3. The monoisotopic (exact) mass is 614 g/mol. The lowest BCUT2D eigenvalue weighted by Gasteiger charge is -2.41. The first kappa shape index (κ1) is 36.8. The third kappa shape index (κ3) is 10.1. The molecule has 0 aliphatic heterocycles. The summed E-state index contributed by atoms with van der Waals surface area (Å²) in [4.78, 5) is 11.7. The van der Waals surface area contributed by atoms with Crippen molar-refractivity contribution in [3.8, 4) is 11.8 Å². The van der Waals surface area contributed by atoms with Crippen LogP contribution in [0.25, 0.3) is 0 Å². The number of fused-ring (bicyclic) bond motifs is 1. The summed E-state index contributed by atoms with van der Waals surface area (Å²) in [6.45, 7) is 29.9. The summed E-state index contributed by atoms with van der Waals surface area (Å²) in [5, 5.41) is 0.314. The zero-order chi connectivity index (χ0) is 31.9. The van der Waals surface area contributed by atoms with Crippen molar-refractivity contribution >= 4 is 22.6 Å². The summed E-state index contributed by atoms with van der Waals surface area (Å²) in [5.74, 6) is 7.98. The van der Waals surface area contributed by atoms with Gasteiger partial charge in [-0.05, 0) is 87.1 Å². The molecule has 0 aromatic rings. The Morgan fingerprint density at radius 3 is 2.31 bits per heavy atom. The number of rotatable bonds is 13. The van der Waals surface area contributed by atoms with Gasteiger partial charge in [0.05, 0.1) is 18.8 Å². The molecule has 0 radical (unpaired) electrons. The third-order valence-electron chi connectivity index (χ3n) is 10.2. The van der Waals surface area contributed by atoms with E-state index >= 15 is 0 Å². The quantitative estimate of drug-likeness (QED) is 0.0896. The number of carbonyl (C=O) groups excluding carboxylic acids is 1. The van der Waals surface area contributed by atoms with Crippen molar-refractivity contribution in [2.45, 2.75) is 143 Å². The summed E-state index contributed by atoms with van der Waals surface area (Å²) in [6, 6.07) is 0. The van der Waals surface area contributed by atoms with Crippen LogP contribution in [-0.2, 0) is 18.4 Å². The Hall–Kier alpha value is -1.40. The Bertz CT molecular complexity index is 1040. The SMILES string of the molecule is CC#CCC(C)[C@@H](/C=C\[C@H]1[C@H]2CC(C=CCCC(=O)OCC)=C[C@H]2C[C@H]1O[Si](C)(C)C(C)(C)C)O[Si](C)(C)C(C)(C)C. The Kier molecular flexibility index (Phi) is 13.2. The van der Waals surface area contributed by atoms with E-state index in [1.165, 1.54) is 5.57 Å². The normalized spacial score (nSPS) is 24.8. The van der Waals surface area contributed by atoms with Gasteiger partial charge in [-0.25, -0.2) is 0 Å². The second kappa shape index (κ2) is 15.1. The van der Waals surface area contributed by atoms with Gasteiger partial charge in [-0.15, -0.1) is 11.8 Å². The van der Waals surface area contributed by atoms with Crippen LogP contribution in [-0.4, -0.2) is 41.4 Å². The Balaban J connectivity index is 2.33. The topological polar surface area (TPSA) is 44.8 Å². The first-order chi connectivity index (χ1) is 19.3. The second-order valence-electron chi connectivity index (χ2n) is 15.6. The van der Waals surface area contributed by atoms with Gasteiger partial charge in [0.1, 0.15) is 0 Å². The van der Waals surface area contributed by atoms with Crippen LogP contribution in [0.3, 0.4) is 0 Å². The molecule has 1 fully saturated rings. The number of carbonyl (C=O) groups is 1. The third-order valence-corrected chi connectivity index (χ3v) is 19.2. The predicted molar refractivity (Wildman–Crippen MR) is 183 cm³/mol. The van der Waals surface area contributed by atoms with E-state index in [2.05, 4.69) is 117 Å². The van der Waals surface area contributed by atoms with Gasteiger partial charge in [0, 0.05) is 18.8 Å². The second-order valence-corrected chi connectivity index (χ2v) is 25.1. The minimum absolute atomic E-state index is 0.0379. The van der Waals surface area contributed by atoms with Crippen molar-refractivity contribution in [3.05, 3.63) is 36.0 Å². The lowest BCUT2D eigenvalue weighted by atomic mass is 9.88. The average Bonchev–Trinajstić information content (AvgIpc) is 3.38. The summed E-state index contributed by atoms with van der Waals surface area (Å²) >= 11 is 0. The Morgan fingerprint density at radius 2 is 1.74 bits per heavy atom. The van der Waals surface area contributed by atoms with Crippen LogP contribution in [0.4, 0.5) is 0 Å². The van der Waals surface area contributed by atoms with Crippen LogP contribution in [0.2, 0.25) is 36.3 Å².